The quantitative estimate of drug-likeness (QED) is 0.0925. The van der Waals surface area contributed by atoms with Crippen LogP contribution in [-0.4, -0.2) is 107 Å². The highest BCUT2D eigenvalue weighted by molar-refractivity contribution is 6.26. The number of hydrogen-bond donors (Lipinski definition) is 3. The highest BCUT2D eigenvalue weighted by Gasteiger charge is 2.51. The molecule has 17 heteroatoms. The zero-order valence-electron chi connectivity index (χ0n) is 37.3. The molecule has 3 N–H and O–H groups in total. The SMILES string of the molecule is CO[C@H]1/C=C/O[C@@]2(C)Oc3c(C)c(=O)c4c(O)c(c5oc6cc(OCCN(C)C(C)=O)ccc6nc5c4c3C2=O)NC(=O)/C(C)=C\C=C\[C@H](C)[C@@H]2O[C@H]([C@H](O)[C@@H]2C)[C@H](OC(C)=O)[C@@H]1C. The number of aliphatic hydroxyl groups is 1. The highest BCUT2D eigenvalue weighted by Crippen LogP contribution is 2.48. The maximum Gasteiger partial charge on any atom is 0.312 e. The molecule has 7 bridgehead atoms. The smallest absolute Gasteiger partial charge is 0.312 e. The number of ketones is 1. The number of hydrogen-bond acceptors (Lipinski definition) is 15. The maximum absolute atomic E-state index is 14.7. The van der Waals surface area contributed by atoms with Gasteiger partial charge in [0.05, 0.1) is 42.1 Å². The third-order valence-electron chi connectivity index (χ3n) is 12.4. The summed E-state index contributed by atoms with van der Waals surface area (Å²) in [5, 5.41) is 25.9. The molecule has 17 nitrogen and oxygen atoms in total. The number of Topliss-reactive ketones (excluding diaryl/α,β-unsaturated/α-hetero) is 1. The molecule has 5 heterocycles. The first-order chi connectivity index (χ1) is 30.3. The number of methoxy groups -OCH3 is 1. The Morgan fingerprint density at radius 3 is 2.45 bits per heavy atom. The topological polar surface area (TPSA) is 222 Å². The van der Waals surface area contributed by atoms with Gasteiger partial charge in [0.2, 0.25) is 5.91 Å². The Bertz CT molecular complexity index is 2720. The van der Waals surface area contributed by atoms with Crippen molar-refractivity contribution in [1.29, 1.82) is 0 Å². The lowest BCUT2D eigenvalue weighted by Crippen LogP contribution is -2.46. The van der Waals surface area contributed by atoms with Gasteiger partial charge in [0.15, 0.2) is 22.3 Å². The minimum Gasteiger partial charge on any atom is -0.505 e. The van der Waals surface area contributed by atoms with E-state index in [1.165, 1.54) is 52.0 Å². The largest absolute Gasteiger partial charge is 0.505 e. The van der Waals surface area contributed by atoms with Gasteiger partial charge in [-0.15, -0.1) is 0 Å². The van der Waals surface area contributed by atoms with Crippen molar-refractivity contribution >= 4 is 62.2 Å². The van der Waals surface area contributed by atoms with Crippen molar-refractivity contribution in [3.8, 4) is 17.2 Å². The lowest BCUT2D eigenvalue weighted by molar-refractivity contribution is -0.168. The van der Waals surface area contributed by atoms with Crippen LogP contribution in [0.15, 0.2) is 63.6 Å². The van der Waals surface area contributed by atoms with Gasteiger partial charge in [-0.1, -0.05) is 39.0 Å². The van der Waals surface area contributed by atoms with Crippen LogP contribution in [0.3, 0.4) is 0 Å². The maximum atomic E-state index is 14.7. The number of carbonyl (C=O) groups excluding carboxylic acids is 4. The monoisotopic (exact) mass is 883 g/mol. The van der Waals surface area contributed by atoms with Crippen LogP contribution in [0, 0.1) is 24.7 Å². The van der Waals surface area contributed by atoms with Crippen molar-refractivity contribution in [1.82, 2.24) is 9.88 Å². The van der Waals surface area contributed by atoms with E-state index in [4.69, 9.17) is 37.8 Å². The van der Waals surface area contributed by atoms with Crippen LogP contribution in [-0.2, 0) is 33.3 Å². The van der Waals surface area contributed by atoms with E-state index in [1.54, 1.807) is 51.2 Å². The molecule has 0 unspecified atom stereocenters. The summed E-state index contributed by atoms with van der Waals surface area (Å²) < 4.78 is 42.6. The Kier molecular flexibility index (Phi) is 12.6. The summed E-state index contributed by atoms with van der Waals surface area (Å²) in [7, 11) is 3.09. The fourth-order valence-corrected chi connectivity index (χ4v) is 8.51. The van der Waals surface area contributed by atoms with Gasteiger partial charge in [0.25, 0.3) is 11.7 Å². The standard InChI is InChI=1S/C47H53N3O14/c1-21-12-11-13-22(2)46(57)49-36-39(55)33-32(35-43(36)62-31-20-28(14-15-29(31)48-35)59-19-17-50(9)26(6)51)34-41(24(4)37(33)53)64-47(8,45(34)56)60-18-16-30(58-10)23(3)42(61-27(7)52)44-38(54)25(5)40(21)63-44/h11-16,18,20-21,23,25,30,38,40,42,44,54-55H,17,19H2,1-10H3,(H,49,57)/b12-11+,18-16+,22-13-/t21-,23+,25-,30-,38+,40-,42+,44+,47-/m0/s1. The summed E-state index contributed by atoms with van der Waals surface area (Å²) in [5.41, 5.74) is -0.680. The number of aromatic hydroxyl groups is 1. The number of nitrogens with zero attached hydrogens (tertiary/aromatic N) is 2. The number of amides is 2. The van der Waals surface area contributed by atoms with Crippen molar-refractivity contribution < 1.29 is 62.2 Å². The number of fused-ring (bicyclic) bond motifs is 9. The number of phenolic OH excluding ortho intramolecular Hbond substituents is 1. The summed E-state index contributed by atoms with van der Waals surface area (Å²) in [6, 6.07) is 4.80. The number of ether oxygens (including phenoxy) is 6. The zero-order valence-corrected chi connectivity index (χ0v) is 37.3. The van der Waals surface area contributed by atoms with Gasteiger partial charge in [-0.2, -0.15) is 0 Å². The predicted molar refractivity (Wildman–Crippen MR) is 234 cm³/mol. The Morgan fingerprint density at radius 1 is 1.03 bits per heavy atom. The molecule has 0 radical (unpaired) electrons. The Labute approximate surface area is 368 Å². The summed E-state index contributed by atoms with van der Waals surface area (Å²) in [6.45, 7) is 13.1. The van der Waals surface area contributed by atoms with Crippen LogP contribution >= 0.6 is 0 Å². The van der Waals surface area contributed by atoms with Crippen molar-refractivity contribution in [2.75, 3.05) is 32.6 Å². The first-order valence-corrected chi connectivity index (χ1v) is 21.0. The highest BCUT2D eigenvalue weighted by atomic mass is 16.7. The number of aliphatic hydroxyl groups excluding tert-OH is 1. The lowest BCUT2D eigenvalue weighted by atomic mass is 9.86. The number of esters is 1. The molecular weight excluding hydrogens is 831 g/mol. The molecule has 3 aromatic carbocycles. The van der Waals surface area contributed by atoms with E-state index < -0.39 is 77.0 Å². The second-order valence-electron chi connectivity index (χ2n) is 16.9. The molecule has 1 aromatic heterocycles. The Morgan fingerprint density at radius 2 is 1.77 bits per heavy atom. The van der Waals surface area contributed by atoms with Gasteiger partial charge in [0.1, 0.15) is 47.0 Å². The molecule has 8 rings (SSSR count). The van der Waals surface area contributed by atoms with Gasteiger partial charge in [0, 0.05) is 75.3 Å². The van der Waals surface area contributed by atoms with E-state index in [9.17, 15) is 34.2 Å². The normalized spacial score (nSPS) is 29.0. The zero-order chi connectivity index (χ0) is 46.5. The third kappa shape index (κ3) is 8.18. The average molecular weight is 884 g/mol. The van der Waals surface area contributed by atoms with Gasteiger partial charge in [-0.3, -0.25) is 24.0 Å². The number of phenols is 1. The summed E-state index contributed by atoms with van der Waals surface area (Å²) in [6.07, 6.45) is 3.48. The molecule has 64 heavy (non-hydrogen) atoms. The van der Waals surface area contributed by atoms with Gasteiger partial charge < -0.3 is 53.3 Å². The van der Waals surface area contributed by atoms with Crippen LogP contribution in [0.2, 0.25) is 0 Å². The molecular formula is C47H53N3O14. The van der Waals surface area contributed by atoms with E-state index in [0.717, 1.165) is 0 Å². The van der Waals surface area contributed by atoms with Crippen LogP contribution in [0.4, 0.5) is 5.69 Å². The molecule has 2 amide bonds. The van der Waals surface area contributed by atoms with Crippen molar-refractivity contribution in [2.45, 2.75) is 91.7 Å². The van der Waals surface area contributed by atoms with Crippen LogP contribution in [0.25, 0.3) is 33.0 Å². The number of nitrogens with one attached hydrogen (secondary N) is 1. The molecule has 0 spiro atoms. The van der Waals surface area contributed by atoms with Crippen molar-refractivity contribution in [3.05, 3.63) is 75.7 Å². The molecule has 1 fully saturated rings. The second kappa shape index (κ2) is 17.7. The number of anilines is 1. The fourth-order valence-electron chi connectivity index (χ4n) is 8.51. The summed E-state index contributed by atoms with van der Waals surface area (Å²) in [5.74, 6) is -5.89. The van der Waals surface area contributed by atoms with Gasteiger partial charge >= 0.3 is 11.8 Å². The van der Waals surface area contributed by atoms with Crippen molar-refractivity contribution in [2.24, 2.45) is 17.8 Å². The van der Waals surface area contributed by atoms with E-state index in [1.807, 2.05) is 19.9 Å². The van der Waals surface area contributed by atoms with Gasteiger partial charge in [-0.25, -0.2) is 4.98 Å². The summed E-state index contributed by atoms with van der Waals surface area (Å²) in [4.78, 5) is 73.5. The van der Waals surface area contributed by atoms with E-state index in [2.05, 4.69) is 5.32 Å². The molecule has 4 aromatic rings. The Hall–Kier alpha value is -6.30. The van der Waals surface area contributed by atoms with Crippen LogP contribution in [0.1, 0.15) is 64.4 Å². The van der Waals surface area contributed by atoms with E-state index in [-0.39, 0.29) is 79.5 Å². The number of carbonyl (C=O) groups is 4. The number of rotatable bonds is 6. The fraction of sp³-hybridized carbons (Fsp3) is 0.447. The number of allylic oxidation sites excluding steroid dienone is 2. The molecule has 0 saturated carbocycles. The van der Waals surface area contributed by atoms with E-state index >= 15 is 0 Å². The first-order valence-electron chi connectivity index (χ1n) is 21.0. The average Bonchev–Trinajstić information content (AvgIpc) is 3.70. The minimum absolute atomic E-state index is 0.0194. The predicted octanol–water partition coefficient (Wildman–Crippen LogP) is 5.63. The minimum atomic E-state index is -2.06. The van der Waals surface area contributed by atoms with Crippen molar-refractivity contribution in [3.63, 3.8) is 0 Å². The molecule has 9 atom stereocenters. The first kappa shape index (κ1) is 45.7. The molecule has 340 valence electrons. The number of aromatic nitrogens is 1. The van der Waals surface area contributed by atoms with Gasteiger partial charge in [-0.05, 0) is 32.1 Å². The lowest BCUT2D eigenvalue weighted by Gasteiger charge is -2.33. The molecule has 4 aliphatic heterocycles. The second-order valence-corrected chi connectivity index (χ2v) is 16.9. The molecule has 1 saturated heterocycles. The Balaban J connectivity index is 1.42. The third-order valence-corrected chi connectivity index (χ3v) is 12.4. The molecule has 0 aliphatic carbocycles. The number of benzene rings is 3. The number of likely N-dealkylation sites (N-methyl/N-ethyl adjacent to an activating group) is 1. The molecule has 4 aliphatic rings. The van der Waals surface area contributed by atoms with E-state index in [0.29, 0.717) is 12.3 Å². The van der Waals surface area contributed by atoms with Crippen LogP contribution in [0.5, 0.6) is 17.2 Å². The van der Waals surface area contributed by atoms with Crippen LogP contribution < -0.4 is 20.2 Å². The summed E-state index contributed by atoms with van der Waals surface area (Å²) >= 11 is 0.